The van der Waals surface area contributed by atoms with Crippen LogP contribution >= 0.6 is 0 Å². The van der Waals surface area contributed by atoms with E-state index in [-0.39, 0.29) is 6.10 Å². The van der Waals surface area contributed by atoms with Crippen LogP contribution in [0.25, 0.3) is 0 Å². The van der Waals surface area contributed by atoms with Gasteiger partial charge in [0, 0.05) is 24.8 Å². The average molecular weight is 276 g/mol. The van der Waals surface area contributed by atoms with Crippen LogP contribution in [-0.4, -0.2) is 31.8 Å². The largest absolute Gasteiger partial charge is 0.491 e. The molecule has 0 amide bonds. The third-order valence-electron chi connectivity index (χ3n) is 3.75. The molecule has 0 aromatic heterocycles. The maximum Gasteiger partial charge on any atom is 0.119 e. The van der Waals surface area contributed by atoms with Gasteiger partial charge in [0.05, 0.1) is 6.10 Å². The Morgan fingerprint density at radius 1 is 1.20 bits per heavy atom. The van der Waals surface area contributed by atoms with Crippen LogP contribution in [0.15, 0.2) is 24.3 Å². The number of anilines is 1. The van der Waals surface area contributed by atoms with Crippen molar-refractivity contribution >= 4 is 5.69 Å². The molecule has 3 heteroatoms. The molecule has 2 rings (SSSR count). The van der Waals surface area contributed by atoms with Gasteiger partial charge in [0.2, 0.25) is 0 Å². The molecule has 1 heterocycles. The standard InChI is InChI=1S/C17H28N2O/c1-13(2)20-17-7-5-16(6-8-17)19-10-9-15(4)18-11-14(3)12-19/h5-8,13-15,18H,9-12H2,1-4H3. The minimum absolute atomic E-state index is 0.231. The summed E-state index contributed by atoms with van der Waals surface area (Å²) >= 11 is 0. The summed E-state index contributed by atoms with van der Waals surface area (Å²) < 4.78 is 5.71. The molecule has 0 radical (unpaired) electrons. The minimum Gasteiger partial charge on any atom is -0.491 e. The van der Waals surface area contributed by atoms with Gasteiger partial charge in [-0.2, -0.15) is 0 Å². The van der Waals surface area contributed by atoms with Crippen molar-refractivity contribution in [2.75, 3.05) is 24.5 Å². The number of rotatable bonds is 3. The van der Waals surface area contributed by atoms with Crippen molar-refractivity contribution in [3.05, 3.63) is 24.3 Å². The maximum absolute atomic E-state index is 5.71. The van der Waals surface area contributed by atoms with E-state index in [4.69, 9.17) is 4.74 Å². The molecule has 1 aromatic carbocycles. The predicted molar refractivity (Wildman–Crippen MR) is 85.7 cm³/mol. The zero-order valence-electron chi connectivity index (χ0n) is 13.2. The highest BCUT2D eigenvalue weighted by atomic mass is 16.5. The molecule has 0 aliphatic carbocycles. The fourth-order valence-electron chi connectivity index (χ4n) is 2.63. The number of nitrogens with zero attached hydrogens (tertiary/aromatic N) is 1. The molecule has 1 aliphatic rings. The topological polar surface area (TPSA) is 24.5 Å². The summed E-state index contributed by atoms with van der Waals surface area (Å²) in [7, 11) is 0. The van der Waals surface area contributed by atoms with Crippen LogP contribution in [0.1, 0.15) is 34.1 Å². The van der Waals surface area contributed by atoms with Gasteiger partial charge in [-0.3, -0.25) is 0 Å². The SMILES string of the molecule is CC1CNC(C)CCN(c2ccc(OC(C)C)cc2)C1. The van der Waals surface area contributed by atoms with E-state index >= 15 is 0 Å². The maximum atomic E-state index is 5.71. The molecule has 1 aromatic rings. The molecule has 0 saturated carbocycles. The molecule has 112 valence electrons. The molecular formula is C17H28N2O. The summed E-state index contributed by atoms with van der Waals surface area (Å²) in [6, 6.07) is 9.14. The zero-order valence-corrected chi connectivity index (χ0v) is 13.2. The van der Waals surface area contributed by atoms with Gasteiger partial charge in [-0.25, -0.2) is 0 Å². The first-order chi connectivity index (χ1) is 9.54. The summed E-state index contributed by atoms with van der Waals surface area (Å²) in [6.07, 6.45) is 1.42. The van der Waals surface area contributed by atoms with Crippen LogP contribution in [-0.2, 0) is 0 Å². The van der Waals surface area contributed by atoms with Gasteiger partial charge in [-0.1, -0.05) is 6.92 Å². The Hall–Kier alpha value is -1.22. The van der Waals surface area contributed by atoms with Gasteiger partial charge in [0.15, 0.2) is 0 Å². The Kier molecular flexibility index (Phi) is 5.30. The molecule has 3 nitrogen and oxygen atoms in total. The third-order valence-corrected chi connectivity index (χ3v) is 3.75. The van der Waals surface area contributed by atoms with E-state index in [1.54, 1.807) is 0 Å². The lowest BCUT2D eigenvalue weighted by Crippen LogP contribution is -2.42. The number of hydrogen-bond acceptors (Lipinski definition) is 3. The summed E-state index contributed by atoms with van der Waals surface area (Å²) in [4.78, 5) is 2.50. The lowest BCUT2D eigenvalue weighted by Gasteiger charge is -2.33. The van der Waals surface area contributed by atoms with Crippen molar-refractivity contribution in [3.8, 4) is 5.75 Å². The second-order valence-electron chi connectivity index (χ2n) is 6.31. The molecule has 2 atom stereocenters. The summed E-state index contributed by atoms with van der Waals surface area (Å²) in [6.45, 7) is 12.0. The number of nitrogens with one attached hydrogen (secondary N) is 1. The van der Waals surface area contributed by atoms with E-state index < -0.39 is 0 Å². The molecule has 0 bridgehead atoms. The zero-order chi connectivity index (χ0) is 14.5. The van der Waals surface area contributed by atoms with Gasteiger partial charge in [-0.05, 0) is 63.9 Å². The van der Waals surface area contributed by atoms with Crippen molar-refractivity contribution in [1.82, 2.24) is 5.32 Å². The Morgan fingerprint density at radius 3 is 2.55 bits per heavy atom. The number of hydrogen-bond donors (Lipinski definition) is 1. The summed E-state index contributed by atoms with van der Waals surface area (Å²) in [5.41, 5.74) is 1.31. The van der Waals surface area contributed by atoms with Crippen molar-refractivity contribution in [2.45, 2.75) is 46.3 Å². The highest BCUT2D eigenvalue weighted by molar-refractivity contribution is 5.49. The first kappa shape index (κ1) is 15.2. The van der Waals surface area contributed by atoms with Crippen LogP contribution in [0.5, 0.6) is 5.75 Å². The van der Waals surface area contributed by atoms with Crippen LogP contribution in [0.4, 0.5) is 5.69 Å². The van der Waals surface area contributed by atoms with E-state index in [2.05, 4.69) is 62.2 Å². The van der Waals surface area contributed by atoms with Gasteiger partial charge in [0.25, 0.3) is 0 Å². The van der Waals surface area contributed by atoms with Crippen LogP contribution < -0.4 is 15.0 Å². The van der Waals surface area contributed by atoms with Crippen LogP contribution in [0.3, 0.4) is 0 Å². The smallest absolute Gasteiger partial charge is 0.119 e. The second kappa shape index (κ2) is 6.98. The van der Waals surface area contributed by atoms with Gasteiger partial charge in [0.1, 0.15) is 5.75 Å². The first-order valence-electron chi connectivity index (χ1n) is 7.79. The Balaban J connectivity index is 2.04. The van der Waals surface area contributed by atoms with Crippen molar-refractivity contribution in [1.29, 1.82) is 0 Å². The quantitative estimate of drug-likeness (QED) is 0.917. The predicted octanol–water partition coefficient (Wildman–Crippen LogP) is 3.30. The highest BCUT2D eigenvalue weighted by Crippen LogP contribution is 2.22. The van der Waals surface area contributed by atoms with Gasteiger partial charge < -0.3 is 15.0 Å². The third kappa shape index (κ3) is 4.41. The van der Waals surface area contributed by atoms with Crippen molar-refractivity contribution < 1.29 is 4.74 Å². The molecular weight excluding hydrogens is 248 g/mol. The Bertz CT molecular complexity index is 402. The Labute approximate surface area is 123 Å². The molecule has 1 N–H and O–H groups in total. The number of ether oxygens (including phenoxy) is 1. The monoisotopic (exact) mass is 276 g/mol. The lowest BCUT2D eigenvalue weighted by atomic mass is 10.1. The van der Waals surface area contributed by atoms with E-state index in [1.807, 2.05) is 0 Å². The Morgan fingerprint density at radius 2 is 1.90 bits per heavy atom. The first-order valence-corrected chi connectivity index (χ1v) is 7.79. The van der Waals surface area contributed by atoms with E-state index in [0.717, 1.165) is 25.4 Å². The molecule has 1 saturated heterocycles. The van der Waals surface area contributed by atoms with Crippen molar-refractivity contribution in [3.63, 3.8) is 0 Å². The second-order valence-corrected chi connectivity index (χ2v) is 6.31. The molecule has 1 aliphatic heterocycles. The van der Waals surface area contributed by atoms with Gasteiger partial charge >= 0.3 is 0 Å². The van der Waals surface area contributed by atoms with Crippen LogP contribution in [0, 0.1) is 5.92 Å². The normalized spacial score (nSPS) is 24.4. The van der Waals surface area contributed by atoms with Crippen molar-refractivity contribution in [2.24, 2.45) is 5.92 Å². The molecule has 1 fully saturated rings. The number of benzene rings is 1. The van der Waals surface area contributed by atoms with E-state index in [9.17, 15) is 0 Å². The van der Waals surface area contributed by atoms with Gasteiger partial charge in [-0.15, -0.1) is 0 Å². The van der Waals surface area contributed by atoms with E-state index in [0.29, 0.717) is 12.0 Å². The fourth-order valence-corrected chi connectivity index (χ4v) is 2.63. The summed E-state index contributed by atoms with van der Waals surface area (Å²) in [5, 5.41) is 3.59. The van der Waals surface area contributed by atoms with E-state index in [1.165, 1.54) is 12.1 Å². The molecule has 20 heavy (non-hydrogen) atoms. The summed E-state index contributed by atoms with van der Waals surface area (Å²) in [5.74, 6) is 1.63. The fraction of sp³-hybridized carbons (Fsp3) is 0.647. The molecule has 0 spiro atoms. The molecule has 2 unspecified atom stereocenters. The minimum atomic E-state index is 0.231. The highest BCUT2D eigenvalue weighted by Gasteiger charge is 2.16. The van der Waals surface area contributed by atoms with Crippen LogP contribution in [0.2, 0.25) is 0 Å². The average Bonchev–Trinajstić information content (AvgIpc) is 2.39. The lowest BCUT2D eigenvalue weighted by molar-refractivity contribution is 0.242.